The van der Waals surface area contributed by atoms with Crippen LogP contribution < -0.4 is 11.2 Å². The lowest BCUT2D eigenvalue weighted by atomic mass is 9.99. The lowest BCUT2D eigenvalue weighted by Gasteiger charge is -2.17. The van der Waals surface area contributed by atoms with E-state index in [1.807, 2.05) is 11.5 Å². The third-order valence-corrected chi connectivity index (χ3v) is 5.42. The first-order valence-corrected chi connectivity index (χ1v) is 10.8. The van der Waals surface area contributed by atoms with Gasteiger partial charge in [-0.15, -0.1) is 12.4 Å². The second-order valence-electron chi connectivity index (χ2n) is 7.90. The van der Waals surface area contributed by atoms with E-state index in [-0.39, 0.29) is 23.7 Å². The van der Waals surface area contributed by atoms with Crippen molar-refractivity contribution < 1.29 is 5.11 Å². The van der Waals surface area contributed by atoms with Gasteiger partial charge in [0, 0.05) is 20.1 Å². The fourth-order valence-electron chi connectivity index (χ4n) is 3.52. The summed E-state index contributed by atoms with van der Waals surface area (Å²) in [5, 5.41) is 10.5. The smallest absolute Gasteiger partial charge is 0.332 e. The number of nitrogens with zero attached hydrogens (tertiary/aromatic N) is 5. The Kier molecular flexibility index (Phi) is 10.5. The Morgan fingerprint density at radius 2 is 1.84 bits per heavy atom. The molecule has 0 radical (unpaired) electrons. The molecule has 174 valence electrons. The third kappa shape index (κ3) is 6.70. The second kappa shape index (κ2) is 12.1. The standard InChI is InChI=1S/C22H35N5O3.ClH/c1-6-14-26-17-23-19-18(26)20(28)27(21(29)24(19)5)16-10-9-12-22(4,30)13-11-15-25(7-2)8-3;/h17,30H,6-10,12,14-16H2,1-5H3;1H. The Morgan fingerprint density at radius 3 is 2.45 bits per heavy atom. The maximum Gasteiger partial charge on any atom is 0.332 e. The molecular formula is C22H36ClN5O3. The van der Waals surface area contributed by atoms with Crippen LogP contribution >= 0.6 is 12.4 Å². The van der Waals surface area contributed by atoms with E-state index in [0.29, 0.717) is 50.1 Å². The van der Waals surface area contributed by atoms with Crippen LogP contribution in [0.25, 0.3) is 11.2 Å². The molecule has 0 fully saturated rings. The monoisotopic (exact) mass is 453 g/mol. The largest absolute Gasteiger partial charge is 0.378 e. The Balaban J connectivity index is 0.00000480. The molecule has 2 aromatic heterocycles. The van der Waals surface area contributed by atoms with E-state index in [4.69, 9.17) is 0 Å². The number of hydrogen-bond acceptors (Lipinski definition) is 5. The topological polar surface area (TPSA) is 85.3 Å². The molecule has 2 aromatic rings. The van der Waals surface area contributed by atoms with E-state index in [1.165, 1.54) is 9.13 Å². The van der Waals surface area contributed by atoms with E-state index in [0.717, 1.165) is 19.5 Å². The van der Waals surface area contributed by atoms with Crippen LogP contribution in [-0.4, -0.2) is 53.9 Å². The summed E-state index contributed by atoms with van der Waals surface area (Å²) >= 11 is 0. The molecule has 2 heterocycles. The van der Waals surface area contributed by atoms with Crippen molar-refractivity contribution in [3.05, 3.63) is 27.2 Å². The van der Waals surface area contributed by atoms with E-state index < -0.39 is 5.60 Å². The number of imidazole rings is 1. The molecule has 9 heteroatoms. The van der Waals surface area contributed by atoms with Crippen LogP contribution in [0.3, 0.4) is 0 Å². The highest BCUT2D eigenvalue weighted by atomic mass is 35.5. The Hall–Kier alpha value is -2.08. The molecule has 0 bridgehead atoms. The number of fused-ring (bicyclic) bond motifs is 1. The van der Waals surface area contributed by atoms with Gasteiger partial charge in [0.2, 0.25) is 0 Å². The summed E-state index contributed by atoms with van der Waals surface area (Å²) in [7, 11) is 1.64. The number of aromatic nitrogens is 4. The summed E-state index contributed by atoms with van der Waals surface area (Å²) in [6.45, 7) is 11.4. The minimum atomic E-state index is -1.08. The number of halogens is 1. The SMILES string of the molecule is CCCn1cnc2c1c(=O)n(CCCCC(C)(O)C#CCN(CC)CC)c(=O)n2C.Cl. The molecule has 1 N–H and O–H groups in total. The fraction of sp³-hybridized carbons (Fsp3) is 0.682. The molecule has 0 aliphatic carbocycles. The van der Waals surface area contributed by atoms with Gasteiger partial charge in [-0.3, -0.25) is 18.8 Å². The van der Waals surface area contributed by atoms with Gasteiger partial charge in [0.1, 0.15) is 5.60 Å². The predicted octanol–water partition coefficient (Wildman–Crippen LogP) is 2.00. The average Bonchev–Trinajstić information content (AvgIpc) is 3.13. The van der Waals surface area contributed by atoms with Crippen LogP contribution in [0.2, 0.25) is 0 Å². The van der Waals surface area contributed by atoms with Gasteiger partial charge < -0.3 is 9.67 Å². The van der Waals surface area contributed by atoms with E-state index in [2.05, 4.69) is 35.6 Å². The molecule has 0 aromatic carbocycles. The van der Waals surface area contributed by atoms with Gasteiger partial charge in [0.15, 0.2) is 11.2 Å². The van der Waals surface area contributed by atoms with Crippen molar-refractivity contribution in [2.75, 3.05) is 19.6 Å². The lowest BCUT2D eigenvalue weighted by Crippen LogP contribution is -2.39. The van der Waals surface area contributed by atoms with Crippen molar-refractivity contribution in [2.45, 2.75) is 72.1 Å². The highest BCUT2D eigenvalue weighted by Gasteiger charge is 2.18. The van der Waals surface area contributed by atoms with E-state index in [1.54, 1.807) is 20.3 Å². The van der Waals surface area contributed by atoms with Gasteiger partial charge in [-0.2, -0.15) is 0 Å². The van der Waals surface area contributed by atoms with Gasteiger partial charge in [-0.05, 0) is 45.7 Å². The summed E-state index contributed by atoms with van der Waals surface area (Å²) in [6.07, 6.45) is 4.25. The maximum atomic E-state index is 12.9. The van der Waals surface area contributed by atoms with E-state index in [9.17, 15) is 14.7 Å². The average molecular weight is 454 g/mol. The van der Waals surface area contributed by atoms with Crippen molar-refractivity contribution in [2.24, 2.45) is 7.05 Å². The number of hydrogen-bond donors (Lipinski definition) is 1. The summed E-state index contributed by atoms with van der Waals surface area (Å²) in [5.41, 5.74) is -0.855. The quantitative estimate of drug-likeness (QED) is 0.439. The first-order valence-electron chi connectivity index (χ1n) is 10.8. The second-order valence-corrected chi connectivity index (χ2v) is 7.90. The molecule has 0 saturated heterocycles. The third-order valence-electron chi connectivity index (χ3n) is 5.42. The molecule has 0 amide bonds. The predicted molar refractivity (Wildman–Crippen MR) is 127 cm³/mol. The zero-order chi connectivity index (χ0) is 22.3. The van der Waals surface area contributed by atoms with Crippen LogP contribution in [-0.2, 0) is 20.1 Å². The van der Waals surface area contributed by atoms with Crippen LogP contribution in [0, 0.1) is 11.8 Å². The van der Waals surface area contributed by atoms with Crippen molar-refractivity contribution in [1.82, 2.24) is 23.6 Å². The minimum absolute atomic E-state index is 0. The number of aliphatic hydroxyl groups is 1. The first kappa shape index (κ1) is 27.0. The zero-order valence-corrected chi connectivity index (χ0v) is 20.2. The Morgan fingerprint density at radius 1 is 1.16 bits per heavy atom. The van der Waals surface area contributed by atoms with Crippen LogP contribution in [0.4, 0.5) is 0 Å². The van der Waals surface area contributed by atoms with Gasteiger partial charge in [-0.1, -0.05) is 32.6 Å². The summed E-state index contributed by atoms with van der Waals surface area (Å²) in [5.74, 6) is 6.00. The summed E-state index contributed by atoms with van der Waals surface area (Å²) in [4.78, 5) is 32.0. The molecule has 31 heavy (non-hydrogen) atoms. The van der Waals surface area contributed by atoms with E-state index >= 15 is 0 Å². The fourth-order valence-corrected chi connectivity index (χ4v) is 3.52. The molecule has 2 rings (SSSR count). The van der Waals surface area contributed by atoms with Crippen molar-refractivity contribution in [1.29, 1.82) is 0 Å². The number of unbranched alkanes of at least 4 members (excludes halogenated alkanes) is 1. The van der Waals surface area contributed by atoms with Gasteiger partial charge in [0.05, 0.1) is 12.9 Å². The zero-order valence-electron chi connectivity index (χ0n) is 19.3. The van der Waals surface area contributed by atoms with Gasteiger partial charge in [0.25, 0.3) is 5.56 Å². The molecule has 1 unspecified atom stereocenters. The molecule has 0 saturated carbocycles. The van der Waals surface area contributed by atoms with Crippen molar-refractivity contribution >= 4 is 23.6 Å². The molecule has 0 spiro atoms. The highest BCUT2D eigenvalue weighted by Crippen LogP contribution is 2.13. The number of rotatable bonds is 10. The lowest BCUT2D eigenvalue weighted by molar-refractivity contribution is 0.108. The Labute approximate surface area is 190 Å². The number of aryl methyl sites for hydroxylation is 2. The van der Waals surface area contributed by atoms with Crippen LogP contribution in [0.5, 0.6) is 0 Å². The summed E-state index contributed by atoms with van der Waals surface area (Å²) in [6, 6.07) is 0. The van der Waals surface area contributed by atoms with Crippen LogP contribution in [0.1, 0.15) is 53.4 Å². The molecule has 0 aliphatic rings. The molecule has 0 aliphatic heterocycles. The summed E-state index contributed by atoms with van der Waals surface area (Å²) < 4.78 is 4.51. The normalized spacial score (nSPS) is 13.0. The molecular weight excluding hydrogens is 418 g/mol. The van der Waals surface area contributed by atoms with Crippen LogP contribution in [0.15, 0.2) is 15.9 Å². The minimum Gasteiger partial charge on any atom is -0.378 e. The maximum absolute atomic E-state index is 12.9. The van der Waals surface area contributed by atoms with Gasteiger partial charge in [-0.25, -0.2) is 9.78 Å². The Bertz CT molecular complexity index is 1020. The van der Waals surface area contributed by atoms with Crippen molar-refractivity contribution in [3.8, 4) is 11.8 Å². The molecule has 1 atom stereocenters. The van der Waals surface area contributed by atoms with Gasteiger partial charge >= 0.3 is 5.69 Å². The molecule has 8 nitrogen and oxygen atoms in total. The highest BCUT2D eigenvalue weighted by molar-refractivity contribution is 5.85. The van der Waals surface area contributed by atoms with Crippen molar-refractivity contribution in [3.63, 3.8) is 0 Å². The first-order chi connectivity index (χ1) is 14.3.